The number of ketones is 1. The fourth-order valence-corrected chi connectivity index (χ4v) is 5.98. The van der Waals surface area contributed by atoms with Gasteiger partial charge in [0.25, 0.3) is 0 Å². The molecule has 40 heavy (non-hydrogen) atoms. The van der Waals surface area contributed by atoms with Crippen LogP contribution in [0.5, 0.6) is 5.75 Å². The maximum Gasteiger partial charge on any atom is 0.223 e. The van der Waals surface area contributed by atoms with E-state index in [1.807, 2.05) is 48.5 Å². The summed E-state index contributed by atoms with van der Waals surface area (Å²) in [4.78, 5) is 32.8. The summed E-state index contributed by atoms with van der Waals surface area (Å²) >= 11 is 1.74. The van der Waals surface area contributed by atoms with Gasteiger partial charge in [0, 0.05) is 35.2 Å². The Hall–Kier alpha value is -3.45. The highest BCUT2D eigenvalue weighted by Crippen LogP contribution is 2.29. The molecule has 2 aromatic carbocycles. The first-order valence-electron chi connectivity index (χ1n) is 14.4. The van der Waals surface area contributed by atoms with Crippen molar-refractivity contribution >= 4 is 34.1 Å². The summed E-state index contributed by atoms with van der Waals surface area (Å²) < 4.78 is 8.05. The lowest BCUT2D eigenvalue weighted by molar-refractivity contribution is -0.125. The number of nitrogens with zero attached hydrogens (tertiary/aromatic N) is 2. The monoisotopic (exact) mass is 559 g/mol. The number of rotatable bonds is 15. The van der Waals surface area contributed by atoms with Gasteiger partial charge in [-0.25, -0.2) is 4.98 Å². The molecule has 0 saturated carbocycles. The third-order valence-corrected chi connectivity index (χ3v) is 8.15. The Kier molecular flexibility index (Phi) is 10.5. The van der Waals surface area contributed by atoms with Crippen LogP contribution in [0.4, 0.5) is 0 Å². The minimum absolute atomic E-state index is 0.0277. The number of hydrogen-bond donors (Lipinski definition) is 1. The summed E-state index contributed by atoms with van der Waals surface area (Å²) in [5.41, 5.74) is 2.51. The molecular weight excluding hydrogens is 518 g/mol. The Morgan fingerprint density at radius 2 is 1.80 bits per heavy atom. The highest BCUT2D eigenvalue weighted by molar-refractivity contribution is 7.09. The average Bonchev–Trinajstić information content (AvgIpc) is 3.59. The van der Waals surface area contributed by atoms with Crippen LogP contribution in [0.3, 0.4) is 0 Å². The Balaban J connectivity index is 1.48. The number of benzene rings is 2. The van der Waals surface area contributed by atoms with Crippen LogP contribution in [0.15, 0.2) is 66.0 Å². The Bertz CT molecular complexity index is 1370. The summed E-state index contributed by atoms with van der Waals surface area (Å²) in [6.45, 7) is 9.34. The van der Waals surface area contributed by atoms with Gasteiger partial charge in [0.15, 0.2) is 5.78 Å². The number of carbonyl (C=O) groups excluding carboxylic acids is 2. The van der Waals surface area contributed by atoms with Crippen molar-refractivity contribution in [1.82, 2.24) is 14.9 Å². The van der Waals surface area contributed by atoms with Crippen molar-refractivity contribution < 1.29 is 14.3 Å². The van der Waals surface area contributed by atoms with Crippen LogP contribution in [-0.4, -0.2) is 34.4 Å². The molecule has 1 N–H and O–H groups in total. The van der Waals surface area contributed by atoms with Gasteiger partial charge in [0.2, 0.25) is 5.91 Å². The Morgan fingerprint density at radius 3 is 2.48 bits per heavy atom. The zero-order valence-electron chi connectivity index (χ0n) is 24.1. The van der Waals surface area contributed by atoms with Crippen LogP contribution in [0, 0.1) is 11.8 Å². The third-order valence-electron chi connectivity index (χ3n) is 7.28. The van der Waals surface area contributed by atoms with Crippen LogP contribution in [0.1, 0.15) is 80.5 Å². The predicted molar refractivity (Wildman–Crippen MR) is 163 cm³/mol. The molecule has 0 saturated heterocycles. The van der Waals surface area contributed by atoms with Gasteiger partial charge in [0.05, 0.1) is 17.6 Å². The number of hydrogen-bond acceptors (Lipinski definition) is 5. The SMILES string of the molecule is CCC(CC)n1c(Cc2cccs2)nc2cc(C(=O)C[C@@H](CC(C)C)C(=O)NCCOc3ccccc3)ccc21. The molecule has 6 nitrogen and oxygen atoms in total. The van der Waals surface area contributed by atoms with E-state index in [0.29, 0.717) is 37.1 Å². The number of thiophene rings is 1. The van der Waals surface area contributed by atoms with Gasteiger partial charge in [0.1, 0.15) is 18.2 Å². The Morgan fingerprint density at radius 1 is 1.02 bits per heavy atom. The fourth-order valence-electron chi connectivity index (χ4n) is 5.27. The quantitative estimate of drug-likeness (QED) is 0.121. The maximum atomic E-state index is 13.5. The molecule has 0 unspecified atom stereocenters. The van der Waals surface area contributed by atoms with Gasteiger partial charge in [-0.15, -0.1) is 11.3 Å². The van der Waals surface area contributed by atoms with Crippen molar-refractivity contribution in [3.05, 3.63) is 82.3 Å². The highest BCUT2D eigenvalue weighted by atomic mass is 32.1. The molecule has 4 aromatic rings. The van der Waals surface area contributed by atoms with Crippen molar-refractivity contribution in [2.45, 2.75) is 65.8 Å². The zero-order valence-corrected chi connectivity index (χ0v) is 24.9. The van der Waals surface area contributed by atoms with E-state index in [4.69, 9.17) is 9.72 Å². The molecule has 0 aliphatic carbocycles. The molecule has 2 aromatic heterocycles. The van der Waals surface area contributed by atoms with E-state index >= 15 is 0 Å². The van der Waals surface area contributed by atoms with Gasteiger partial charge in [-0.3, -0.25) is 9.59 Å². The number of amides is 1. The normalized spacial score (nSPS) is 12.2. The molecule has 0 fully saturated rings. The molecule has 1 amide bonds. The molecule has 1 atom stereocenters. The smallest absolute Gasteiger partial charge is 0.223 e. The molecular formula is C33H41N3O3S. The van der Waals surface area contributed by atoms with Gasteiger partial charge >= 0.3 is 0 Å². The molecule has 0 aliphatic heterocycles. The van der Waals surface area contributed by atoms with E-state index in [2.05, 4.69) is 55.1 Å². The van der Waals surface area contributed by atoms with E-state index < -0.39 is 5.92 Å². The summed E-state index contributed by atoms with van der Waals surface area (Å²) in [5.74, 6) is 1.58. The number of fused-ring (bicyclic) bond motifs is 1. The number of para-hydroxylation sites is 1. The predicted octanol–water partition coefficient (Wildman–Crippen LogP) is 7.48. The fraction of sp³-hybridized carbons (Fsp3) is 0.424. The molecule has 4 rings (SSSR count). The molecule has 2 heterocycles. The van der Waals surface area contributed by atoms with Crippen LogP contribution < -0.4 is 10.1 Å². The first-order valence-corrected chi connectivity index (χ1v) is 15.3. The number of aromatic nitrogens is 2. The van der Waals surface area contributed by atoms with Crippen molar-refractivity contribution in [2.75, 3.05) is 13.2 Å². The summed E-state index contributed by atoms with van der Waals surface area (Å²) in [6, 6.07) is 19.9. The maximum absolute atomic E-state index is 13.5. The van der Waals surface area contributed by atoms with E-state index in [0.717, 1.165) is 41.9 Å². The van der Waals surface area contributed by atoms with Crippen LogP contribution >= 0.6 is 11.3 Å². The second-order valence-electron chi connectivity index (χ2n) is 10.7. The number of Topliss-reactive ketones (excluding diaryl/α,β-unsaturated/α-hetero) is 1. The van der Waals surface area contributed by atoms with E-state index in [1.165, 1.54) is 4.88 Å². The van der Waals surface area contributed by atoms with Gasteiger partial charge in [-0.05, 0) is 67.0 Å². The van der Waals surface area contributed by atoms with Crippen molar-refractivity contribution in [3.8, 4) is 5.75 Å². The van der Waals surface area contributed by atoms with Gasteiger partial charge in [-0.2, -0.15) is 0 Å². The number of nitrogens with one attached hydrogen (secondary N) is 1. The molecule has 0 spiro atoms. The first kappa shape index (κ1) is 29.5. The van der Waals surface area contributed by atoms with Crippen LogP contribution in [0.2, 0.25) is 0 Å². The van der Waals surface area contributed by atoms with E-state index in [-0.39, 0.29) is 18.1 Å². The molecule has 0 radical (unpaired) electrons. The second kappa shape index (κ2) is 14.3. The highest BCUT2D eigenvalue weighted by Gasteiger charge is 2.25. The van der Waals surface area contributed by atoms with Crippen molar-refractivity contribution in [1.29, 1.82) is 0 Å². The molecule has 0 aliphatic rings. The first-order chi connectivity index (χ1) is 19.4. The summed E-state index contributed by atoms with van der Waals surface area (Å²) in [5, 5.41) is 5.06. The number of imidazole rings is 1. The zero-order chi connectivity index (χ0) is 28.5. The summed E-state index contributed by atoms with van der Waals surface area (Å²) in [6.07, 6.45) is 3.62. The lowest BCUT2D eigenvalue weighted by Crippen LogP contribution is -2.35. The van der Waals surface area contributed by atoms with Gasteiger partial charge < -0.3 is 14.6 Å². The second-order valence-corrected chi connectivity index (χ2v) is 11.8. The average molecular weight is 560 g/mol. The largest absolute Gasteiger partial charge is 0.492 e. The minimum atomic E-state index is -0.392. The molecule has 212 valence electrons. The lowest BCUT2D eigenvalue weighted by atomic mass is 9.89. The number of carbonyl (C=O) groups is 2. The van der Waals surface area contributed by atoms with Crippen LogP contribution in [0.25, 0.3) is 11.0 Å². The minimum Gasteiger partial charge on any atom is -0.492 e. The van der Waals surface area contributed by atoms with Crippen LogP contribution in [-0.2, 0) is 11.2 Å². The number of ether oxygens (including phenoxy) is 1. The molecule has 7 heteroatoms. The van der Waals surface area contributed by atoms with E-state index in [1.54, 1.807) is 11.3 Å². The van der Waals surface area contributed by atoms with Crippen molar-refractivity contribution in [2.24, 2.45) is 11.8 Å². The standard InChI is InChI=1S/C33H41N3O3S/c1-5-26(6-2)36-30-15-14-24(20-29(30)35-32(36)22-28-13-10-18-40-28)31(37)21-25(19-23(3)4)33(38)34-16-17-39-27-11-8-7-9-12-27/h7-15,18,20,23,25-26H,5-6,16-17,19,21-22H2,1-4H3,(H,34,38)/t25-/m1/s1. The van der Waals surface area contributed by atoms with E-state index in [9.17, 15) is 9.59 Å². The lowest BCUT2D eigenvalue weighted by Gasteiger charge is -2.19. The third kappa shape index (κ3) is 7.60. The van der Waals surface area contributed by atoms with Gasteiger partial charge in [-0.1, -0.05) is 52.0 Å². The van der Waals surface area contributed by atoms with Crippen molar-refractivity contribution in [3.63, 3.8) is 0 Å². The Labute approximate surface area is 241 Å². The molecule has 0 bridgehead atoms. The summed E-state index contributed by atoms with van der Waals surface area (Å²) in [7, 11) is 0. The topological polar surface area (TPSA) is 73.2 Å².